The number of benzene rings is 2. The maximum atomic E-state index is 13.1. The third-order valence-electron chi connectivity index (χ3n) is 4.36. The molecule has 0 aliphatic heterocycles. The molecule has 2 aromatic carbocycles. The summed E-state index contributed by atoms with van der Waals surface area (Å²) in [4.78, 5) is 4.34. The second kappa shape index (κ2) is 7.32. The number of nitrogens with zero attached hydrogens (tertiary/aromatic N) is 4. The maximum absolute atomic E-state index is 13.1. The normalized spacial score (nSPS) is 11.5. The Morgan fingerprint density at radius 1 is 1.04 bits per heavy atom. The average molecular weight is 394 g/mol. The lowest BCUT2D eigenvalue weighted by molar-refractivity contribution is 0.402. The Morgan fingerprint density at radius 3 is 2.50 bits per heavy atom. The minimum Gasteiger partial charge on any atom is -0.495 e. The molecule has 0 N–H and O–H groups in total. The van der Waals surface area contributed by atoms with Crippen molar-refractivity contribution in [1.29, 1.82) is 0 Å². The van der Waals surface area contributed by atoms with Crippen molar-refractivity contribution < 1.29 is 13.2 Å². The summed E-state index contributed by atoms with van der Waals surface area (Å²) in [6.45, 7) is 0.627. The van der Waals surface area contributed by atoms with Gasteiger partial charge in [0.05, 0.1) is 24.0 Å². The lowest BCUT2D eigenvalue weighted by Crippen LogP contribution is -2.06. The van der Waals surface area contributed by atoms with Crippen molar-refractivity contribution in [2.45, 2.75) is 16.3 Å². The topological polar surface area (TPSA) is 79.0 Å². The van der Waals surface area contributed by atoms with E-state index in [0.29, 0.717) is 6.54 Å². The zero-order chi connectivity index (χ0) is 19.6. The molecule has 4 aromatic rings. The second-order valence-corrected chi connectivity index (χ2v) is 8.09. The van der Waals surface area contributed by atoms with E-state index >= 15 is 0 Å². The van der Waals surface area contributed by atoms with Gasteiger partial charge in [-0.05, 0) is 35.9 Å². The SMILES string of the molecule is COc1cc(-n2cccn2)ccc1S(=O)(=O)c1ccc(Cn2ccnc2)cc1. The average Bonchev–Trinajstić information content (AvgIpc) is 3.42. The Morgan fingerprint density at radius 2 is 1.86 bits per heavy atom. The molecule has 28 heavy (non-hydrogen) atoms. The van der Waals surface area contributed by atoms with Crippen molar-refractivity contribution in [1.82, 2.24) is 19.3 Å². The molecule has 0 saturated heterocycles. The Labute approximate surface area is 162 Å². The summed E-state index contributed by atoms with van der Waals surface area (Å²) in [5.41, 5.74) is 1.70. The van der Waals surface area contributed by atoms with Gasteiger partial charge in [0.25, 0.3) is 0 Å². The summed E-state index contributed by atoms with van der Waals surface area (Å²) in [5.74, 6) is 0.274. The first-order chi connectivity index (χ1) is 13.6. The fraction of sp³-hybridized carbons (Fsp3) is 0.100. The molecule has 2 heterocycles. The molecule has 0 aliphatic rings. The molecule has 0 amide bonds. The predicted octanol–water partition coefficient (Wildman–Crippen LogP) is 2.96. The summed E-state index contributed by atoms with van der Waals surface area (Å²) in [6.07, 6.45) is 8.72. The van der Waals surface area contributed by atoms with Gasteiger partial charge in [-0.25, -0.2) is 18.1 Å². The van der Waals surface area contributed by atoms with Crippen LogP contribution in [0, 0.1) is 0 Å². The van der Waals surface area contributed by atoms with Crippen molar-refractivity contribution in [3.05, 3.63) is 85.2 Å². The van der Waals surface area contributed by atoms with E-state index in [2.05, 4.69) is 10.1 Å². The lowest BCUT2D eigenvalue weighted by Gasteiger charge is -2.12. The lowest BCUT2D eigenvalue weighted by atomic mass is 10.2. The predicted molar refractivity (Wildman–Crippen MR) is 103 cm³/mol. The van der Waals surface area contributed by atoms with Crippen LogP contribution in [0.25, 0.3) is 5.69 Å². The molecule has 2 aromatic heterocycles. The fourth-order valence-corrected chi connectivity index (χ4v) is 4.34. The van der Waals surface area contributed by atoms with E-state index in [4.69, 9.17) is 4.74 Å². The third kappa shape index (κ3) is 3.41. The van der Waals surface area contributed by atoms with Gasteiger partial charge in [0.2, 0.25) is 9.84 Å². The molecule has 142 valence electrons. The van der Waals surface area contributed by atoms with E-state index in [-0.39, 0.29) is 15.5 Å². The fourth-order valence-electron chi connectivity index (χ4n) is 2.93. The summed E-state index contributed by atoms with van der Waals surface area (Å²) < 4.78 is 35.2. The number of aromatic nitrogens is 4. The molecule has 0 fully saturated rings. The molecule has 0 unspecified atom stereocenters. The van der Waals surface area contributed by atoms with Gasteiger partial charge in [-0.1, -0.05) is 12.1 Å². The van der Waals surface area contributed by atoms with Crippen LogP contribution in [-0.4, -0.2) is 34.9 Å². The van der Waals surface area contributed by atoms with E-state index in [9.17, 15) is 8.42 Å². The Balaban J connectivity index is 1.66. The summed E-state index contributed by atoms with van der Waals surface area (Å²) in [6, 6.07) is 13.5. The molecule has 0 radical (unpaired) electrons. The minimum absolute atomic E-state index is 0.119. The highest BCUT2D eigenvalue weighted by molar-refractivity contribution is 7.91. The Kier molecular flexibility index (Phi) is 4.70. The first-order valence-corrected chi connectivity index (χ1v) is 10.0. The van der Waals surface area contributed by atoms with E-state index in [1.54, 1.807) is 78.1 Å². The van der Waals surface area contributed by atoms with Crippen LogP contribution in [0.2, 0.25) is 0 Å². The highest BCUT2D eigenvalue weighted by Gasteiger charge is 2.22. The number of hydrogen-bond donors (Lipinski definition) is 0. The van der Waals surface area contributed by atoms with Crippen LogP contribution in [0.1, 0.15) is 5.56 Å². The Bertz CT molecular complexity index is 1170. The van der Waals surface area contributed by atoms with Crippen molar-refractivity contribution in [2.75, 3.05) is 7.11 Å². The molecule has 4 rings (SSSR count). The monoisotopic (exact) mass is 394 g/mol. The van der Waals surface area contributed by atoms with E-state index < -0.39 is 9.84 Å². The minimum atomic E-state index is -3.72. The molecule has 0 bridgehead atoms. The standard InChI is InChI=1S/C20H18N4O3S/c1-27-19-13-17(24-11-2-9-22-24)5-8-20(19)28(25,26)18-6-3-16(4-7-18)14-23-12-10-21-15-23/h2-13,15H,14H2,1H3. The van der Waals surface area contributed by atoms with Gasteiger partial charge in [-0.3, -0.25) is 0 Å². The van der Waals surface area contributed by atoms with Crippen molar-refractivity contribution in [3.63, 3.8) is 0 Å². The molecule has 0 saturated carbocycles. The van der Waals surface area contributed by atoms with E-state index in [0.717, 1.165) is 11.3 Å². The highest BCUT2D eigenvalue weighted by Crippen LogP contribution is 2.31. The largest absolute Gasteiger partial charge is 0.495 e. The van der Waals surface area contributed by atoms with E-state index in [1.165, 1.54) is 7.11 Å². The molecule has 8 heteroatoms. The van der Waals surface area contributed by atoms with Crippen LogP contribution < -0.4 is 4.74 Å². The molecular formula is C20H18N4O3S. The van der Waals surface area contributed by atoms with Crippen LogP contribution in [0.4, 0.5) is 0 Å². The molecular weight excluding hydrogens is 376 g/mol. The van der Waals surface area contributed by atoms with Crippen LogP contribution >= 0.6 is 0 Å². The number of rotatable bonds is 6. The van der Waals surface area contributed by atoms with Crippen molar-refractivity contribution >= 4 is 9.84 Å². The zero-order valence-electron chi connectivity index (χ0n) is 15.1. The van der Waals surface area contributed by atoms with Gasteiger partial charge >= 0.3 is 0 Å². The summed E-state index contributed by atoms with van der Waals surface area (Å²) >= 11 is 0. The third-order valence-corrected chi connectivity index (χ3v) is 6.17. The zero-order valence-corrected chi connectivity index (χ0v) is 16.0. The van der Waals surface area contributed by atoms with Crippen molar-refractivity contribution in [2.24, 2.45) is 0 Å². The first kappa shape index (κ1) is 18.0. The van der Waals surface area contributed by atoms with Gasteiger partial charge in [-0.2, -0.15) is 5.10 Å². The van der Waals surface area contributed by atoms with Gasteiger partial charge in [0.15, 0.2) is 0 Å². The Hall–Kier alpha value is -3.39. The number of imidazole rings is 1. The number of sulfone groups is 1. The first-order valence-electron chi connectivity index (χ1n) is 8.56. The summed E-state index contributed by atoms with van der Waals surface area (Å²) in [5, 5.41) is 4.16. The molecule has 0 atom stereocenters. The van der Waals surface area contributed by atoms with Crippen LogP contribution in [-0.2, 0) is 16.4 Å². The number of methoxy groups -OCH3 is 1. The summed E-state index contributed by atoms with van der Waals surface area (Å²) in [7, 11) is -2.27. The molecule has 0 aliphatic carbocycles. The number of ether oxygens (including phenoxy) is 1. The van der Waals surface area contributed by atoms with Crippen molar-refractivity contribution in [3.8, 4) is 11.4 Å². The smallest absolute Gasteiger partial charge is 0.210 e. The van der Waals surface area contributed by atoms with Gasteiger partial charge < -0.3 is 9.30 Å². The molecule has 7 nitrogen and oxygen atoms in total. The van der Waals surface area contributed by atoms with E-state index in [1.807, 2.05) is 10.8 Å². The number of hydrogen-bond acceptors (Lipinski definition) is 5. The van der Waals surface area contributed by atoms with Crippen LogP contribution in [0.5, 0.6) is 5.75 Å². The van der Waals surface area contributed by atoms with Crippen LogP contribution in [0.3, 0.4) is 0 Å². The second-order valence-electron chi connectivity index (χ2n) is 6.17. The van der Waals surface area contributed by atoms with Gasteiger partial charge in [0, 0.05) is 37.4 Å². The quantitative estimate of drug-likeness (QED) is 0.502. The maximum Gasteiger partial charge on any atom is 0.210 e. The van der Waals surface area contributed by atoms with Gasteiger partial charge in [0.1, 0.15) is 10.6 Å². The highest BCUT2D eigenvalue weighted by atomic mass is 32.2. The van der Waals surface area contributed by atoms with Gasteiger partial charge in [-0.15, -0.1) is 0 Å². The molecule has 0 spiro atoms. The van der Waals surface area contributed by atoms with Crippen LogP contribution in [0.15, 0.2) is 89.4 Å².